The number of nitrogens with zero attached hydrogens (tertiary/aromatic N) is 1. The van der Waals surface area contributed by atoms with Crippen molar-refractivity contribution in [2.45, 2.75) is 20.3 Å². The number of aryl methyl sites for hydroxylation is 1. The molecule has 1 fully saturated rings. The van der Waals surface area contributed by atoms with E-state index >= 15 is 0 Å². The van der Waals surface area contributed by atoms with Crippen LogP contribution in [0.5, 0.6) is 0 Å². The fraction of sp³-hybridized carbons (Fsp3) is 0.429. The fourth-order valence-electron chi connectivity index (χ4n) is 2.30. The molecule has 0 radical (unpaired) electrons. The summed E-state index contributed by atoms with van der Waals surface area (Å²) in [6.07, 6.45) is 0.306. The van der Waals surface area contributed by atoms with Crippen molar-refractivity contribution in [1.29, 1.82) is 0 Å². The average molecular weight is 246 g/mol. The third-order valence-corrected chi connectivity index (χ3v) is 3.25. The molecule has 1 aliphatic rings. The molecule has 1 atom stereocenters. The molecular formula is C14H18N2O2. The minimum atomic E-state index is -0.225. The zero-order valence-electron chi connectivity index (χ0n) is 10.8. The summed E-state index contributed by atoms with van der Waals surface area (Å²) >= 11 is 0. The molecule has 4 nitrogen and oxygen atoms in total. The number of para-hydroxylation sites is 1. The number of benzene rings is 1. The molecule has 1 aromatic carbocycles. The molecule has 1 saturated heterocycles. The highest BCUT2D eigenvalue weighted by molar-refractivity contribution is 6.00. The second kappa shape index (κ2) is 5.21. The van der Waals surface area contributed by atoms with Crippen molar-refractivity contribution >= 4 is 17.5 Å². The largest absolute Gasteiger partial charge is 0.356 e. The van der Waals surface area contributed by atoms with Gasteiger partial charge in [-0.25, -0.2) is 0 Å². The van der Waals surface area contributed by atoms with E-state index < -0.39 is 0 Å². The van der Waals surface area contributed by atoms with Crippen LogP contribution in [0.2, 0.25) is 0 Å². The van der Waals surface area contributed by atoms with Crippen LogP contribution in [0, 0.1) is 12.8 Å². The van der Waals surface area contributed by atoms with Crippen LogP contribution in [0.1, 0.15) is 18.9 Å². The highest BCUT2D eigenvalue weighted by Crippen LogP contribution is 2.27. The number of carbonyl (C=O) groups excluding carboxylic acids is 2. The van der Waals surface area contributed by atoms with Gasteiger partial charge >= 0.3 is 0 Å². The van der Waals surface area contributed by atoms with Crippen molar-refractivity contribution in [3.05, 3.63) is 29.8 Å². The van der Waals surface area contributed by atoms with Crippen LogP contribution < -0.4 is 10.2 Å². The Kier molecular flexibility index (Phi) is 3.65. The highest BCUT2D eigenvalue weighted by Gasteiger charge is 2.35. The molecule has 18 heavy (non-hydrogen) atoms. The first-order chi connectivity index (χ1) is 8.63. The molecule has 96 valence electrons. The van der Waals surface area contributed by atoms with Crippen molar-refractivity contribution in [3.8, 4) is 0 Å². The lowest BCUT2D eigenvalue weighted by molar-refractivity contribution is -0.126. The Morgan fingerprint density at radius 2 is 2.17 bits per heavy atom. The molecule has 0 spiro atoms. The summed E-state index contributed by atoms with van der Waals surface area (Å²) in [6, 6.07) is 7.76. The zero-order chi connectivity index (χ0) is 13.1. The van der Waals surface area contributed by atoms with Crippen LogP contribution in [-0.2, 0) is 9.59 Å². The van der Waals surface area contributed by atoms with Crippen molar-refractivity contribution in [1.82, 2.24) is 5.32 Å². The topological polar surface area (TPSA) is 49.4 Å². The van der Waals surface area contributed by atoms with E-state index in [9.17, 15) is 9.59 Å². The van der Waals surface area contributed by atoms with Gasteiger partial charge in [-0.15, -0.1) is 0 Å². The summed E-state index contributed by atoms with van der Waals surface area (Å²) in [5, 5.41) is 2.78. The molecule has 1 aromatic rings. The van der Waals surface area contributed by atoms with E-state index in [4.69, 9.17) is 0 Å². The van der Waals surface area contributed by atoms with E-state index in [-0.39, 0.29) is 17.7 Å². The van der Waals surface area contributed by atoms with Gasteiger partial charge in [0.05, 0.1) is 5.92 Å². The van der Waals surface area contributed by atoms with E-state index in [0.717, 1.165) is 11.3 Å². The molecule has 1 aliphatic heterocycles. The van der Waals surface area contributed by atoms with Crippen LogP contribution in [0.3, 0.4) is 0 Å². The molecule has 0 aliphatic carbocycles. The summed E-state index contributed by atoms with van der Waals surface area (Å²) in [4.78, 5) is 25.5. The van der Waals surface area contributed by atoms with E-state index in [1.54, 1.807) is 4.90 Å². The Labute approximate surface area is 107 Å². The van der Waals surface area contributed by atoms with Gasteiger partial charge in [0.25, 0.3) is 0 Å². The van der Waals surface area contributed by atoms with Crippen LogP contribution >= 0.6 is 0 Å². The summed E-state index contributed by atoms with van der Waals surface area (Å²) in [5.74, 6) is -0.223. The monoisotopic (exact) mass is 246 g/mol. The third kappa shape index (κ3) is 2.37. The Balaban J connectivity index is 2.15. The number of hydrogen-bond acceptors (Lipinski definition) is 2. The van der Waals surface area contributed by atoms with Crippen LogP contribution in [0.15, 0.2) is 24.3 Å². The Morgan fingerprint density at radius 1 is 1.44 bits per heavy atom. The van der Waals surface area contributed by atoms with E-state index in [1.165, 1.54) is 0 Å². The molecule has 0 bridgehead atoms. The van der Waals surface area contributed by atoms with Gasteiger partial charge in [-0.2, -0.15) is 0 Å². The quantitative estimate of drug-likeness (QED) is 0.878. The smallest absolute Gasteiger partial charge is 0.227 e. The van der Waals surface area contributed by atoms with E-state index in [2.05, 4.69) is 5.32 Å². The summed E-state index contributed by atoms with van der Waals surface area (Å²) in [5.41, 5.74) is 1.97. The van der Waals surface area contributed by atoms with Crippen LogP contribution in [0.4, 0.5) is 5.69 Å². The average Bonchev–Trinajstić information content (AvgIpc) is 2.72. The van der Waals surface area contributed by atoms with Crippen LogP contribution in [0.25, 0.3) is 0 Å². The zero-order valence-corrected chi connectivity index (χ0v) is 10.8. The third-order valence-electron chi connectivity index (χ3n) is 3.25. The number of rotatable bonds is 3. The van der Waals surface area contributed by atoms with E-state index in [1.807, 2.05) is 38.1 Å². The second-order valence-electron chi connectivity index (χ2n) is 4.59. The van der Waals surface area contributed by atoms with Gasteiger partial charge in [-0.05, 0) is 25.5 Å². The number of anilines is 1. The standard InChI is InChI=1S/C14H18N2O2/c1-3-15-14(18)11-8-13(17)16(9-11)12-7-5-4-6-10(12)2/h4-7,11H,3,8-9H2,1-2H3,(H,15,18)/t11-/m1/s1. The Hall–Kier alpha value is -1.84. The van der Waals surface area contributed by atoms with Gasteiger partial charge in [-0.1, -0.05) is 18.2 Å². The maximum atomic E-state index is 12.0. The first kappa shape index (κ1) is 12.6. The van der Waals surface area contributed by atoms with Gasteiger partial charge in [-0.3, -0.25) is 9.59 Å². The number of carbonyl (C=O) groups is 2. The minimum Gasteiger partial charge on any atom is -0.356 e. The van der Waals surface area contributed by atoms with Gasteiger partial charge in [0.2, 0.25) is 11.8 Å². The molecule has 2 rings (SSSR count). The van der Waals surface area contributed by atoms with Crippen molar-refractivity contribution in [2.75, 3.05) is 18.0 Å². The SMILES string of the molecule is CCNC(=O)[C@@H]1CC(=O)N(c2ccccc2C)C1. The molecule has 0 saturated carbocycles. The second-order valence-corrected chi connectivity index (χ2v) is 4.59. The first-order valence-electron chi connectivity index (χ1n) is 6.27. The fourth-order valence-corrected chi connectivity index (χ4v) is 2.30. The molecular weight excluding hydrogens is 228 g/mol. The molecule has 0 aromatic heterocycles. The molecule has 4 heteroatoms. The summed E-state index contributed by atoms with van der Waals surface area (Å²) in [7, 11) is 0. The maximum Gasteiger partial charge on any atom is 0.227 e. The van der Waals surface area contributed by atoms with Gasteiger partial charge in [0.15, 0.2) is 0 Å². The number of nitrogens with one attached hydrogen (secondary N) is 1. The summed E-state index contributed by atoms with van der Waals surface area (Å²) in [6.45, 7) is 4.94. The predicted octanol–water partition coefficient (Wildman–Crippen LogP) is 1.48. The molecule has 0 unspecified atom stereocenters. The normalized spacial score (nSPS) is 19.1. The van der Waals surface area contributed by atoms with Crippen molar-refractivity contribution in [3.63, 3.8) is 0 Å². The van der Waals surface area contributed by atoms with E-state index in [0.29, 0.717) is 19.5 Å². The number of amides is 2. The number of hydrogen-bond donors (Lipinski definition) is 1. The van der Waals surface area contributed by atoms with Gasteiger partial charge < -0.3 is 10.2 Å². The Morgan fingerprint density at radius 3 is 2.83 bits per heavy atom. The maximum absolute atomic E-state index is 12.0. The molecule has 1 N–H and O–H groups in total. The molecule has 2 amide bonds. The lowest BCUT2D eigenvalue weighted by Crippen LogP contribution is -2.32. The van der Waals surface area contributed by atoms with Crippen LogP contribution in [-0.4, -0.2) is 24.9 Å². The van der Waals surface area contributed by atoms with Gasteiger partial charge in [0.1, 0.15) is 0 Å². The van der Waals surface area contributed by atoms with Crippen molar-refractivity contribution in [2.24, 2.45) is 5.92 Å². The lowest BCUT2D eigenvalue weighted by atomic mass is 10.1. The first-order valence-corrected chi connectivity index (χ1v) is 6.27. The Bertz CT molecular complexity index is 471. The predicted molar refractivity (Wildman–Crippen MR) is 70.3 cm³/mol. The highest BCUT2D eigenvalue weighted by atomic mass is 16.2. The lowest BCUT2D eigenvalue weighted by Gasteiger charge is -2.18. The minimum absolute atomic E-state index is 0.0260. The van der Waals surface area contributed by atoms with Gasteiger partial charge in [0, 0.05) is 25.2 Å². The summed E-state index contributed by atoms with van der Waals surface area (Å²) < 4.78 is 0. The molecule has 1 heterocycles. The van der Waals surface area contributed by atoms with Crippen molar-refractivity contribution < 1.29 is 9.59 Å².